The second-order valence-electron chi connectivity index (χ2n) is 5.04. The van der Waals surface area contributed by atoms with Gasteiger partial charge < -0.3 is 5.32 Å². The van der Waals surface area contributed by atoms with Crippen molar-refractivity contribution in [2.24, 2.45) is 0 Å². The topological polar surface area (TPSA) is 37.8 Å². The zero-order valence-corrected chi connectivity index (χ0v) is 11.8. The third-order valence-electron chi connectivity index (χ3n) is 3.39. The number of rotatable bonds is 2. The molecule has 0 fully saturated rings. The molecule has 1 unspecified atom stereocenters. The molecule has 0 aromatic carbocycles. The Labute approximate surface area is 125 Å². The van der Waals surface area contributed by atoms with Crippen molar-refractivity contribution in [2.45, 2.75) is 25.3 Å². The molecule has 1 atom stereocenters. The average Bonchev–Trinajstić information content (AvgIpc) is 2.55. The van der Waals surface area contributed by atoms with Crippen molar-refractivity contribution >= 4 is 5.69 Å². The molecule has 3 rings (SSSR count). The molecule has 2 aromatic rings. The van der Waals surface area contributed by atoms with Crippen molar-refractivity contribution in [3.05, 3.63) is 66.3 Å². The van der Waals surface area contributed by atoms with E-state index in [4.69, 9.17) is 0 Å². The fraction of sp³-hybridized carbons (Fsp3) is 0.222. The Morgan fingerprint density at radius 2 is 2.10 bits per heavy atom. The first kappa shape index (κ1) is 13.4. The predicted octanol–water partition coefficient (Wildman–Crippen LogP) is 3.42. The molecule has 104 valence electrons. The first-order valence-corrected chi connectivity index (χ1v) is 7.20. The Morgan fingerprint density at radius 1 is 1.10 bits per heavy atom. The zero-order valence-electron chi connectivity index (χ0n) is 11.8. The van der Waals surface area contributed by atoms with E-state index >= 15 is 0 Å². The average molecular weight is 275 g/mol. The minimum absolute atomic E-state index is 0.330. The van der Waals surface area contributed by atoms with Crippen molar-refractivity contribution in [3.8, 4) is 11.8 Å². The van der Waals surface area contributed by atoms with Crippen LogP contribution in [-0.4, -0.2) is 16.0 Å². The van der Waals surface area contributed by atoms with Crippen LogP contribution in [0.4, 0.5) is 5.69 Å². The van der Waals surface area contributed by atoms with Gasteiger partial charge in [0, 0.05) is 30.2 Å². The lowest BCUT2D eigenvalue weighted by Gasteiger charge is -2.20. The van der Waals surface area contributed by atoms with Crippen LogP contribution >= 0.6 is 0 Å². The van der Waals surface area contributed by atoms with E-state index in [0.29, 0.717) is 6.04 Å². The lowest BCUT2D eigenvalue weighted by atomic mass is 9.95. The number of nitrogens with one attached hydrogen (secondary N) is 1. The maximum Gasteiger partial charge on any atom is 0.113 e. The number of aromatic nitrogens is 2. The molecule has 21 heavy (non-hydrogen) atoms. The molecule has 2 heterocycles. The third-order valence-corrected chi connectivity index (χ3v) is 3.39. The van der Waals surface area contributed by atoms with Gasteiger partial charge in [0.15, 0.2) is 0 Å². The molecular weight excluding hydrogens is 258 g/mol. The minimum atomic E-state index is 0.330. The number of allylic oxidation sites excluding steroid dienone is 1. The first-order valence-electron chi connectivity index (χ1n) is 7.20. The zero-order chi connectivity index (χ0) is 14.3. The van der Waals surface area contributed by atoms with Crippen LogP contribution in [0.5, 0.6) is 0 Å². The SMILES string of the molecule is C(#Cc1ccccn1)C1=CC(Nc2cccnc2)CCC1. The lowest BCUT2D eigenvalue weighted by molar-refractivity contribution is 0.661. The van der Waals surface area contributed by atoms with Gasteiger partial charge in [-0.3, -0.25) is 4.98 Å². The maximum atomic E-state index is 4.23. The van der Waals surface area contributed by atoms with Crippen LogP contribution in [0.25, 0.3) is 0 Å². The first-order chi connectivity index (χ1) is 10.4. The summed E-state index contributed by atoms with van der Waals surface area (Å²) in [5.74, 6) is 6.38. The van der Waals surface area contributed by atoms with Crippen LogP contribution in [0.15, 0.2) is 60.6 Å². The van der Waals surface area contributed by atoms with Gasteiger partial charge >= 0.3 is 0 Å². The second kappa shape index (κ2) is 6.71. The minimum Gasteiger partial charge on any atom is -0.378 e. The highest BCUT2D eigenvalue weighted by Gasteiger charge is 2.12. The summed E-state index contributed by atoms with van der Waals surface area (Å²) < 4.78 is 0. The summed E-state index contributed by atoms with van der Waals surface area (Å²) in [6.45, 7) is 0. The highest BCUT2D eigenvalue weighted by molar-refractivity contribution is 5.45. The second-order valence-corrected chi connectivity index (χ2v) is 5.04. The fourth-order valence-corrected chi connectivity index (χ4v) is 2.38. The van der Waals surface area contributed by atoms with Gasteiger partial charge in [-0.05, 0) is 49.4 Å². The van der Waals surface area contributed by atoms with Crippen molar-refractivity contribution in [2.75, 3.05) is 5.32 Å². The predicted molar refractivity (Wildman–Crippen MR) is 84.7 cm³/mol. The summed E-state index contributed by atoms with van der Waals surface area (Å²) in [6, 6.07) is 10.1. The summed E-state index contributed by atoms with van der Waals surface area (Å²) >= 11 is 0. The Hall–Kier alpha value is -2.60. The number of anilines is 1. The monoisotopic (exact) mass is 275 g/mol. The Bertz CT molecular complexity index is 666. The van der Waals surface area contributed by atoms with E-state index < -0.39 is 0 Å². The molecule has 0 saturated carbocycles. The van der Waals surface area contributed by atoms with Gasteiger partial charge in [-0.1, -0.05) is 18.1 Å². The van der Waals surface area contributed by atoms with E-state index in [2.05, 4.69) is 33.2 Å². The fourth-order valence-electron chi connectivity index (χ4n) is 2.38. The van der Waals surface area contributed by atoms with Gasteiger partial charge in [0.1, 0.15) is 5.69 Å². The maximum absolute atomic E-state index is 4.23. The molecule has 2 aromatic heterocycles. The number of nitrogens with zero attached hydrogens (tertiary/aromatic N) is 2. The third kappa shape index (κ3) is 3.93. The molecule has 0 bridgehead atoms. The molecular formula is C18H17N3. The van der Waals surface area contributed by atoms with Crippen LogP contribution in [0.1, 0.15) is 25.0 Å². The van der Waals surface area contributed by atoms with E-state index in [1.807, 2.05) is 36.5 Å². The lowest BCUT2D eigenvalue weighted by Crippen LogP contribution is -2.20. The van der Waals surface area contributed by atoms with Crippen molar-refractivity contribution < 1.29 is 0 Å². The van der Waals surface area contributed by atoms with E-state index in [9.17, 15) is 0 Å². The quantitative estimate of drug-likeness (QED) is 0.853. The standard InChI is InChI=1S/C18H17N3/c1-2-12-20-16(6-1)10-9-15-5-3-7-17(13-15)21-18-8-4-11-19-14-18/h1-2,4,6,8,11-14,17,21H,3,5,7H2. The molecule has 3 heteroatoms. The Balaban J connectivity index is 1.70. The number of hydrogen-bond acceptors (Lipinski definition) is 3. The van der Waals surface area contributed by atoms with Crippen LogP contribution in [0.2, 0.25) is 0 Å². The summed E-state index contributed by atoms with van der Waals surface area (Å²) in [5, 5.41) is 3.49. The van der Waals surface area contributed by atoms with E-state index in [-0.39, 0.29) is 0 Å². The van der Waals surface area contributed by atoms with Crippen molar-refractivity contribution in [1.82, 2.24) is 9.97 Å². The van der Waals surface area contributed by atoms with Gasteiger partial charge in [-0.25, -0.2) is 4.98 Å². The molecule has 1 aliphatic rings. The molecule has 0 aliphatic heterocycles. The Kier molecular flexibility index (Phi) is 4.28. The smallest absolute Gasteiger partial charge is 0.113 e. The highest BCUT2D eigenvalue weighted by Crippen LogP contribution is 2.20. The van der Waals surface area contributed by atoms with Gasteiger partial charge in [0.25, 0.3) is 0 Å². The van der Waals surface area contributed by atoms with Crippen molar-refractivity contribution in [1.29, 1.82) is 0 Å². The van der Waals surface area contributed by atoms with Crippen LogP contribution in [0, 0.1) is 11.8 Å². The van der Waals surface area contributed by atoms with Crippen LogP contribution in [0.3, 0.4) is 0 Å². The molecule has 0 spiro atoms. The molecule has 0 radical (unpaired) electrons. The van der Waals surface area contributed by atoms with Crippen molar-refractivity contribution in [3.63, 3.8) is 0 Å². The number of pyridine rings is 2. The molecule has 0 amide bonds. The van der Waals surface area contributed by atoms with Gasteiger partial charge in [0.2, 0.25) is 0 Å². The molecule has 1 N–H and O–H groups in total. The normalized spacial score (nSPS) is 17.3. The number of hydrogen-bond donors (Lipinski definition) is 1. The highest BCUT2D eigenvalue weighted by atomic mass is 14.9. The molecule has 1 aliphatic carbocycles. The van der Waals surface area contributed by atoms with E-state index in [0.717, 1.165) is 30.6 Å². The van der Waals surface area contributed by atoms with Gasteiger partial charge in [-0.15, -0.1) is 0 Å². The van der Waals surface area contributed by atoms with E-state index in [1.54, 1.807) is 12.4 Å². The summed E-state index contributed by atoms with van der Waals surface area (Å²) in [7, 11) is 0. The van der Waals surface area contributed by atoms with E-state index in [1.165, 1.54) is 5.57 Å². The van der Waals surface area contributed by atoms with Crippen LogP contribution in [-0.2, 0) is 0 Å². The summed E-state index contributed by atoms with van der Waals surface area (Å²) in [4.78, 5) is 8.35. The Morgan fingerprint density at radius 3 is 2.90 bits per heavy atom. The summed E-state index contributed by atoms with van der Waals surface area (Å²) in [6.07, 6.45) is 11.0. The molecule has 0 saturated heterocycles. The summed E-state index contributed by atoms with van der Waals surface area (Å²) in [5.41, 5.74) is 3.06. The van der Waals surface area contributed by atoms with Gasteiger partial charge in [-0.2, -0.15) is 0 Å². The molecule has 3 nitrogen and oxygen atoms in total. The van der Waals surface area contributed by atoms with Crippen LogP contribution < -0.4 is 5.32 Å². The van der Waals surface area contributed by atoms with Gasteiger partial charge in [0.05, 0.1) is 5.69 Å². The largest absolute Gasteiger partial charge is 0.378 e.